The van der Waals surface area contributed by atoms with Crippen LogP contribution in [-0.2, 0) is 13.1 Å². The first-order chi connectivity index (χ1) is 14.1. The number of likely N-dealkylation sites (tertiary alicyclic amines) is 1. The molecule has 1 saturated heterocycles. The van der Waals surface area contributed by atoms with Crippen LogP contribution in [0.25, 0.3) is 10.9 Å². The Bertz CT molecular complexity index is 1050. The fourth-order valence-corrected chi connectivity index (χ4v) is 3.97. The molecule has 4 rings (SSSR count). The quantitative estimate of drug-likeness (QED) is 0.650. The van der Waals surface area contributed by atoms with E-state index < -0.39 is 0 Å². The SMILES string of the molecule is Cc1ccc(CNC2CCN(CCn3c(=O)ccc4ccncc43)CC2)cc1F.Cl. The Labute approximate surface area is 182 Å². The van der Waals surface area contributed by atoms with Gasteiger partial charge in [-0.2, -0.15) is 0 Å². The molecule has 0 saturated carbocycles. The zero-order chi connectivity index (χ0) is 20.2. The Morgan fingerprint density at radius 1 is 1.13 bits per heavy atom. The monoisotopic (exact) mass is 430 g/mol. The molecule has 5 nitrogen and oxygen atoms in total. The molecular weight excluding hydrogens is 403 g/mol. The highest BCUT2D eigenvalue weighted by atomic mass is 35.5. The summed E-state index contributed by atoms with van der Waals surface area (Å²) in [5.74, 6) is -0.141. The number of aromatic nitrogens is 2. The largest absolute Gasteiger partial charge is 0.310 e. The Hall–Kier alpha value is -2.28. The van der Waals surface area contributed by atoms with Crippen molar-refractivity contribution in [1.82, 2.24) is 19.8 Å². The molecule has 30 heavy (non-hydrogen) atoms. The number of hydrogen-bond acceptors (Lipinski definition) is 4. The van der Waals surface area contributed by atoms with Gasteiger partial charge in [-0.25, -0.2) is 4.39 Å². The molecule has 1 aliphatic rings. The maximum Gasteiger partial charge on any atom is 0.251 e. The van der Waals surface area contributed by atoms with Gasteiger partial charge in [-0.3, -0.25) is 9.78 Å². The Morgan fingerprint density at radius 3 is 2.70 bits per heavy atom. The average Bonchev–Trinajstić information content (AvgIpc) is 2.75. The molecule has 0 radical (unpaired) electrons. The number of fused-ring (bicyclic) bond motifs is 1. The highest BCUT2D eigenvalue weighted by Crippen LogP contribution is 2.14. The summed E-state index contributed by atoms with van der Waals surface area (Å²) in [6.07, 6.45) is 5.63. The summed E-state index contributed by atoms with van der Waals surface area (Å²) in [7, 11) is 0. The molecule has 0 aliphatic carbocycles. The van der Waals surface area contributed by atoms with Gasteiger partial charge < -0.3 is 14.8 Å². The standard InChI is InChI=1S/C23H27FN4O.ClH/c1-17-2-3-18(14-21(17)24)15-26-20-7-10-27(11-8-20)12-13-28-22-16-25-9-6-19(22)4-5-23(28)29;/h2-6,9,14,16,20,26H,7-8,10-13,15H2,1H3;1H. The zero-order valence-corrected chi connectivity index (χ0v) is 18.0. The van der Waals surface area contributed by atoms with E-state index in [0.29, 0.717) is 24.7 Å². The van der Waals surface area contributed by atoms with Crippen molar-refractivity contribution in [1.29, 1.82) is 0 Å². The van der Waals surface area contributed by atoms with E-state index in [1.165, 1.54) is 0 Å². The molecule has 1 N–H and O–H groups in total. The lowest BCUT2D eigenvalue weighted by Gasteiger charge is -2.32. The normalized spacial score (nSPS) is 15.3. The van der Waals surface area contributed by atoms with Crippen molar-refractivity contribution in [3.8, 4) is 0 Å². The molecule has 0 bridgehead atoms. The smallest absolute Gasteiger partial charge is 0.251 e. The molecule has 3 heterocycles. The molecule has 1 aromatic carbocycles. The summed E-state index contributed by atoms with van der Waals surface area (Å²) in [5, 5.41) is 4.59. The van der Waals surface area contributed by atoms with Gasteiger partial charge in [-0.05, 0) is 62.2 Å². The third-order valence-corrected chi connectivity index (χ3v) is 5.85. The van der Waals surface area contributed by atoms with Crippen LogP contribution in [0.3, 0.4) is 0 Å². The second-order valence-electron chi connectivity index (χ2n) is 7.84. The predicted octanol–water partition coefficient (Wildman–Crippen LogP) is 3.52. The Morgan fingerprint density at radius 2 is 1.93 bits per heavy atom. The number of hydrogen-bond donors (Lipinski definition) is 1. The fraction of sp³-hybridized carbons (Fsp3) is 0.391. The Balaban J connectivity index is 0.00000256. The summed E-state index contributed by atoms with van der Waals surface area (Å²) < 4.78 is 15.5. The van der Waals surface area contributed by atoms with Gasteiger partial charge in [0.15, 0.2) is 0 Å². The topological polar surface area (TPSA) is 50.2 Å². The molecule has 2 aromatic heterocycles. The van der Waals surface area contributed by atoms with Crippen LogP contribution in [-0.4, -0.2) is 40.1 Å². The summed E-state index contributed by atoms with van der Waals surface area (Å²) in [4.78, 5) is 18.9. The van der Waals surface area contributed by atoms with Crippen molar-refractivity contribution in [2.75, 3.05) is 19.6 Å². The highest BCUT2D eigenvalue weighted by Gasteiger charge is 2.19. The van der Waals surface area contributed by atoms with Crippen molar-refractivity contribution in [2.24, 2.45) is 0 Å². The van der Waals surface area contributed by atoms with Gasteiger partial charge in [-0.15, -0.1) is 12.4 Å². The summed E-state index contributed by atoms with van der Waals surface area (Å²) in [5.41, 5.74) is 2.58. The van der Waals surface area contributed by atoms with E-state index in [-0.39, 0.29) is 23.8 Å². The predicted molar refractivity (Wildman–Crippen MR) is 121 cm³/mol. The van der Waals surface area contributed by atoms with E-state index in [2.05, 4.69) is 15.2 Å². The number of halogens is 2. The molecule has 0 unspecified atom stereocenters. The van der Waals surface area contributed by atoms with Crippen LogP contribution in [0.2, 0.25) is 0 Å². The summed E-state index contributed by atoms with van der Waals surface area (Å²) in [6, 6.07) is 11.3. The average molecular weight is 431 g/mol. The molecule has 3 aromatic rings. The van der Waals surface area contributed by atoms with Gasteiger partial charge in [0.05, 0.1) is 11.7 Å². The van der Waals surface area contributed by atoms with Gasteiger partial charge in [0, 0.05) is 43.3 Å². The second-order valence-corrected chi connectivity index (χ2v) is 7.84. The molecule has 0 spiro atoms. The minimum Gasteiger partial charge on any atom is -0.310 e. The van der Waals surface area contributed by atoms with Crippen LogP contribution in [0.1, 0.15) is 24.0 Å². The lowest BCUT2D eigenvalue weighted by Crippen LogP contribution is -2.43. The molecule has 0 amide bonds. The number of nitrogens with one attached hydrogen (secondary N) is 1. The van der Waals surface area contributed by atoms with E-state index in [0.717, 1.165) is 48.9 Å². The fourth-order valence-electron chi connectivity index (χ4n) is 3.97. The van der Waals surface area contributed by atoms with E-state index in [4.69, 9.17) is 0 Å². The van der Waals surface area contributed by atoms with Crippen LogP contribution < -0.4 is 10.9 Å². The van der Waals surface area contributed by atoms with Crippen LogP contribution >= 0.6 is 12.4 Å². The van der Waals surface area contributed by atoms with Crippen molar-refractivity contribution >= 4 is 23.3 Å². The number of nitrogens with zero attached hydrogens (tertiary/aromatic N) is 3. The van der Waals surface area contributed by atoms with Crippen molar-refractivity contribution < 1.29 is 4.39 Å². The number of benzene rings is 1. The number of rotatable bonds is 6. The summed E-state index contributed by atoms with van der Waals surface area (Å²) in [6.45, 7) is 5.99. The first-order valence-corrected chi connectivity index (χ1v) is 10.2. The third kappa shape index (κ3) is 5.25. The van der Waals surface area contributed by atoms with Gasteiger partial charge >= 0.3 is 0 Å². The maximum absolute atomic E-state index is 13.7. The molecular formula is C23H28ClFN4O. The second kappa shape index (κ2) is 10.2. The minimum atomic E-state index is -0.141. The lowest BCUT2D eigenvalue weighted by atomic mass is 10.0. The van der Waals surface area contributed by atoms with Gasteiger partial charge in [-0.1, -0.05) is 12.1 Å². The van der Waals surface area contributed by atoms with Crippen LogP contribution in [0.15, 0.2) is 53.6 Å². The number of piperidine rings is 1. The van der Waals surface area contributed by atoms with E-state index in [1.807, 2.05) is 28.8 Å². The highest BCUT2D eigenvalue weighted by molar-refractivity contribution is 5.85. The molecule has 1 fully saturated rings. The number of aryl methyl sites for hydroxylation is 1. The zero-order valence-electron chi connectivity index (χ0n) is 17.2. The molecule has 0 atom stereocenters. The van der Waals surface area contributed by atoms with E-state index in [9.17, 15) is 9.18 Å². The van der Waals surface area contributed by atoms with Crippen LogP contribution in [0.4, 0.5) is 4.39 Å². The van der Waals surface area contributed by atoms with Crippen molar-refractivity contribution in [3.63, 3.8) is 0 Å². The van der Waals surface area contributed by atoms with Crippen LogP contribution in [0.5, 0.6) is 0 Å². The van der Waals surface area contributed by atoms with Gasteiger partial charge in [0.1, 0.15) is 5.82 Å². The summed E-state index contributed by atoms with van der Waals surface area (Å²) >= 11 is 0. The lowest BCUT2D eigenvalue weighted by molar-refractivity contribution is 0.191. The van der Waals surface area contributed by atoms with Crippen LogP contribution in [0, 0.1) is 12.7 Å². The van der Waals surface area contributed by atoms with Gasteiger partial charge in [0.2, 0.25) is 0 Å². The van der Waals surface area contributed by atoms with Gasteiger partial charge in [0.25, 0.3) is 5.56 Å². The first-order valence-electron chi connectivity index (χ1n) is 10.2. The minimum absolute atomic E-state index is 0. The van der Waals surface area contributed by atoms with E-state index in [1.54, 1.807) is 31.5 Å². The molecule has 160 valence electrons. The first kappa shape index (κ1) is 22.4. The Kier molecular flexibility index (Phi) is 7.58. The molecule has 1 aliphatic heterocycles. The van der Waals surface area contributed by atoms with Crippen molar-refractivity contribution in [2.45, 2.75) is 38.9 Å². The third-order valence-electron chi connectivity index (χ3n) is 5.85. The van der Waals surface area contributed by atoms with Crippen molar-refractivity contribution in [3.05, 3.63) is 76.1 Å². The molecule has 7 heteroatoms. The maximum atomic E-state index is 13.7. The van der Waals surface area contributed by atoms with E-state index >= 15 is 0 Å². The number of pyridine rings is 2.